The first-order valence-corrected chi connectivity index (χ1v) is 8.09. The monoisotopic (exact) mass is 291 g/mol. The van der Waals surface area contributed by atoms with Crippen molar-refractivity contribution in [1.82, 2.24) is 5.06 Å². The summed E-state index contributed by atoms with van der Waals surface area (Å²) in [6.45, 7) is 4.30. The highest BCUT2D eigenvalue weighted by Gasteiger charge is 2.13. The zero-order chi connectivity index (χ0) is 14.5. The van der Waals surface area contributed by atoms with Crippen molar-refractivity contribution >= 4 is 17.0 Å². The molecule has 0 amide bonds. The molecule has 0 N–H and O–H groups in total. The molecule has 0 aliphatic carbocycles. The highest BCUT2D eigenvalue weighted by atomic mass is 32.2. The number of carbonyl (C=O) groups is 1. The number of hydrogen-bond donors (Lipinski definition) is 0. The van der Waals surface area contributed by atoms with Gasteiger partial charge in [0.15, 0.2) is 18.2 Å². The fourth-order valence-corrected chi connectivity index (χ4v) is 2.43. The molecule has 0 aromatic heterocycles. The number of hydroxylamine groups is 2. The van der Waals surface area contributed by atoms with Crippen molar-refractivity contribution in [3.8, 4) is 0 Å². The molecule has 1 unspecified atom stereocenters. The molecule has 0 aliphatic heterocycles. The van der Waals surface area contributed by atoms with Crippen molar-refractivity contribution in [2.45, 2.75) is 52.4 Å². The lowest BCUT2D eigenvalue weighted by atomic mass is 10.1. The molecule has 0 bridgehead atoms. The SMILES string of the molecule is [CH]OC(=O)CN(CC)OS(=O)CCCCCCCC. The third-order valence-corrected chi connectivity index (χ3v) is 3.64. The average Bonchev–Trinajstić information content (AvgIpc) is 2.41. The second kappa shape index (κ2) is 12.6. The van der Waals surface area contributed by atoms with Crippen LogP contribution in [0.2, 0.25) is 0 Å². The summed E-state index contributed by atoms with van der Waals surface area (Å²) in [6.07, 6.45) is 6.80. The van der Waals surface area contributed by atoms with E-state index in [4.69, 9.17) is 11.4 Å². The van der Waals surface area contributed by atoms with Crippen LogP contribution in [0.3, 0.4) is 0 Å². The molecule has 0 heterocycles. The predicted octanol–water partition coefficient (Wildman–Crippen LogP) is 2.48. The fraction of sp³-hybridized carbons (Fsp3) is 0.846. The summed E-state index contributed by atoms with van der Waals surface area (Å²) in [5.74, 6) is -0.126. The van der Waals surface area contributed by atoms with Crippen molar-refractivity contribution in [3.05, 3.63) is 7.11 Å². The highest BCUT2D eigenvalue weighted by molar-refractivity contribution is 7.80. The minimum atomic E-state index is -1.40. The van der Waals surface area contributed by atoms with Crippen LogP contribution in [0.4, 0.5) is 0 Å². The van der Waals surface area contributed by atoms with Crippen LogP contribution in [0, 0.1) is 7.11 Å². The Morgan fingerprint density at radius 3 is 2.37 bits per heavy atom. The van der Waals surface area contributed by atoms with Crippen LogP contribution in [0.1, 0.15) is 52.4 Å². The summed E-state index contributed by atoms with van der Waals surface area (Å²) >= 11 is -1.40. The molecule has 0 aromatic carbocycles. The minimum absolute atomic E-state index is 0.116. The van der Waals surface area contributed by atoms with E-state index in [0.29, 0.717) is 12.3 Å². The number of rotatable bonds is 12. The van der Waals surface area contributed by atoms with Crippen molar-refractivity contribution < 1.29 is 18.0 Å². The number of unbranched alkanes of at least 4 members (excludes halogenated alkanes) is 5. The van der Waals surface area contributed by atoms with Gasteiger partial charge in [-0.2, -0.15) is 9.35 Å². The van der Waals surface area contributed by atoms with Crippen molar-refractivity contribution in [1.29, 1.82) is 0 Å². The van der Waals surface area contributed by atoms with Gasteiger partial charge < -0.3 is 4.74 Å². The molecule has 6 heteroatoms. The topological polar surface area (TPSA) is 55.8 Å². The van der Waals surface area contributed by atoms with E-state index in [1.807, 2.05) is 0 Å². The van der Waals surface area contributed by atoms with Gasteiger partial charge in [0.1, 0.15) is 6.54 Å². The fourth-order valence-electron chi connectivity index (χ4n) is 1.53. The number of esters is 1. The van der Waals surface area contributed by atoms with Crippen LogP contribution in [-0.4, -0.2) is 34.1 Å². The zero-order valence-electron chi connectivity index (χ0n) is 11.9. The molecule has 112 valence electrons. The van der Waals surface area contributed by atoms with E-state index >= 15 is 0 Å². The van der Waals surface area contributed by atoms with E-state index in [-0.39, 0.29) is 6.54 Å². The summed E-state index contributed by atoms with van der Waals surface area (Å²) in [5.41, 5.74) is 0. The van der Waals surface area contributed by atoms with Crippen LogP contribution in [-0.2, 0) is 24.9 Å². The van der Waals surface area contributed by atoms with E-state index in [2.05, 4.69) is 11.7 Å². The predicted molar refractivity (Wildman–Crippen MR) is 75.1 cm³/mol. The van der Waals surface area contributed by atoms with Crippen molar-refractivity contribution in [2.24, 2.45) is 0 Å². The van der Waals surface area contributed by atoms with Crippen LogP contribution >= 0.6 is 0 Å². The van der Waals surface area contributed by atoms with Gasteiger partial charge in [-0.1, -0.05) is 46.0 Å². The lowest BCUT2D eigenvalue weighted by molar-refractivity contribution is -0.147. The van der Waals surface area contributed by atoms with Crippen molar-refractivity contribution in [2.75, 3.05) is 18.8 Å². The Bertz CT molecular complexity index is 261. The molecule has 2 radical (unpaired) electrons. The van der Waals surface area contributed by atoms with E-state index in [0.717, 1.165) is 12.8 Å². The molecule has 0 saturated carbocycles. The van der Waals surface area contributed by atoms with Gasteiger partial charge in [0.2, 0.25) is 0 Å². The quantitative estimate of drug-likeness (QED) is 0.314. The highest BCUT2D eigenvalue weighted by Crippen LogP contribution is 2.06. The van der Waals surface area contributed by atoms with Gasteiger partial charge in [-0.25, -0.2) is 4.21 Å². The summed E-state index contributed by atoms with van der Waals surface area (Å²) in [6, 6.07) is 0. The van der Waals surface area contributed by atoms with Gasteiger partial charge in [0.25, 0.3) is 0 Å². The summed E-state index contributed by atoms with van der Waals surface area (Å²) in [5, 5.41) is 1.29. The Morgan fingerprint density at radius 2 is 1.79 bits per heavy atom. The first-order valence-electron chi connectivity index (χ1n) is 6.85. The Balaban J connectivity index is 3.67. The van der Waals surface area contributed by atoms with Gasteiger partial charge in [-0.05, 0) is 6.42 Å². The maximum absolute atomic E-state index is 11.6. The van der Waals surface area contributed by atoms with E-state index in [1.54, 1.807) is 6.92 Å². The summed E-state index contributed by atoms with van der Waals surface area (Å²) in [7, 11) is 4.74. The first-order chi connectivity index (χ1) is 9.13. The second-order valence-electron chi connectivity index (χ2n) is 4.30. The Hall–Kier alpha value is -0.460. The molecule has 0 aliphatic rings. The normalized spacial score (nSPS) is 12.6. The Kier molecular flexibility index (Phi) is 12.3. The van der Waals surface area contributed by atoms with Crippen molar-refractivity contribution in [3.63, 3.8) is 0 Å². The number of likely N-dealkylation sites (N-methyl/N-ethyl adjacent to an activating group) is 1. The van der Waals surface area contributed by atoms with E-state index in [9.17, 15) is 9.00 Å². The number of carbonyl (C=O) groups excluding carboxylic acids is 1. The van der Waals surface area contributed by atoms with Gasteiger partial charge >= 0.3 is 5.97 Å². The molecule has 0 rings (SSSR count). The maximum atomic E-state index is 11.6. The summed E-state index contributed by atoms with van der Waals surface area (Å²) in [4.78, 5) is 11.0. The lowest BCUT2D eigenvalue weighted by Crippen LogP contribution is -2.31. The minimum Gasteiger partial charge on any atom is -0.453 e. The van der Waals surface area contributed by atoms with E-state index < -0.39 is 17.0 Å². The molecule has 19 heavy (non-hydrogen) atoms. The summed E-state index contributed by atoms with van der Waals surface area (Å²) < 4.78 is 20.8. The zero-order valence-corrected chi connectivity index (χ0v) is 12.7. The molecule has 1 atom stereocenters. The maximum Gasteiger partial charge on any atom is 0.323 e. The standard InChI is InChI=1S/C13H25NO4S/c1-4-6-7-8-9-10-11-19(16)18-14(5-2)12-13(15)17-3/h3H,4-12H2,1-2H3. The second-order valence-corrected chi connectivity index (χ2v) is 5.46. The third-order valence-electron chi connectivity index (χ3n) is 2.64. The molecular weight excluding hydrogens is 266 g/mol. The third kappa shape index (κ3) is 11.1. The van der Waals surface area contributed by atoms with Gasteiger partial charge in [-0.15, -0.1) is 0 Å². The molecular formula is C13H25NO4S. The van der Waals surface area contributed by atoms with Gasteiger partial charge in [0, 0.05) is 6.54 Å². The van der Waals surface area contributed by atoms with E-state index in [1.165, 1.54) is 30.7 Å². The first kappa shape index (κ1) is 18.5. The van der Waals surface area contributed by atoms with Crippen LogP contribution in [0.25, 0.3) is 0 Å². The Labute approximate surface area is 119 Å². The smallest absolute Gasteiger partial charge is 0.323 e. The molecule has 0 saturated heterocycles. The molecule has 0 spiro atoms. The molecule has 0 fully saturated rings. The molecule has 5 nitrogen and oxygen atoms in total. The van der Waals surface area contributed by atoms with Crippen LogP contribution < -0.4 is 0 Å². The molecule has 0 aromatic rings. The number of hydrogen-bond acceptors (Lipinski definition) is 5. The van der Waals surface area contributed by atoms with Gasteiger partial charge in [-0.3, -0.25) is 4.79 Å². The van der Waals surface area contributed by atoms with Crippen LogP contribution in [0.15, 0.2) is 0 Å². The largest absolute Gasteiger partial charge is 0.453 e. The lowest BCUT2D eigenvalue weighted by Gasteiger charge is -2.16. The van der Waals surface area contributed by atoms with Gasteiger partial charge in [0.05, 0.1) is 5.75 Å². The average molecular weight is 291 g/mol. The number of nitrogens with zero attached hydrogens (tertiary/aromatic N) is 1. The number of ether oxygens (including phenoxy) is 1. The van der Waals surface area contributed by atoms with Crippen LogP contribution in [0.5, 0.6) is 0 Å². The Morgan fingerprint density at radius 1 is 1.16 bits per heavy atom.